The van der Waals surface area contributed by atoms with Crippen molar-refractivity contribution in [1.29, 1.82) is 0 Å². The Morgan fingerprint density at radius 1 is 1.24 bits per heavy atom. The summed E-state index contributed by atoms with van der Waals surface area (Å²) in [6, 6.07) is 4.59. The number of phenolic OH excluding ortho intramolecular Hbond substituents is 1. The minimum Gasteiger partial charge on any atom is -0.504 e. The summed E-state index contributed by atoms with van der Waals surface area (Å²) < 4.78 is 36.6. The van der Waals surface area contributed by atoms with Crippen LogP contribution in [0.1, 0.15) is 5.56 Å². The third-order valence-electron chi connectivity index (χ3n) is 1.86. The molecule has 0 aromatic heterocycles. The lowest BCUT2D eigenvalue weighted by Gasteiger charge is -2.03. The molecule has 0 fully saturated rings. The maximum absolute atomic E-state index is 10.6. The summed E-state index contributed by atoms with van der Waals surface area (Å²) in [4.78, 5) is 19.1. The summed E-state index contributed by atoms with van der Waals surface area (Å²) >= 11 is 0. The fraction of sp³-hybridized carbons (Fsp3) is 0.167. The van der Waals surface area contributed by atoms with Crippen LogP contribution in [0.15, 0.2) is 24.3 Å². The Hall–Kier alpha value is -2.71. The monoisotopic (exact) mass is 308 g/mol. The Morgan fingerprint density at radius 3 is 2.14 bits per heavy atom. The topological polar surface area (TPSA) is 104 Å². The highest BCUT2D eigenvalue weighted by molar-refractivity contribution is 5.85. The first-order valence-corrected chi connectivity index (χ1v) is 5.16. The molecule has 0 bridgehead atoms. The van der Waals surface area contributed by atoms with E-state index in [2.05, 4.69) is 0 Å². The Bertz CT molecular complexity index is 536. The predicted octanol–water partition coefficient (Wildman–Crippen LogP) is 2.13. The van der Waals surface area contributed by atoms with Gasteiger partial charge < -0.3 is 20.1 Å². The molecule has 1 aromatic carbocycles. The van der Waals surface area contributed by atoms with Crippen LogP contribution in [0.3, 0.4) is 0 Å². The third-order valence-corrected chi connectivity index (χ3v) is 1.86. The number of carboxylic acids is 2. The number of alkyl halides is 3. The van der Waals surface area contributed by atoms with Gasteiger partial charge in [-0.25, -0.2) is 9.59 Å². The van der Waals surface area contributed by atoms with Crippen LogP contribution < -0.4 is 4.74 Å². The second kappa shape index (κ2) is 7.78. The molecular formula is C12H11F3O6. The average Bonchev–Trinajstić information content (AvgIpc) is 2.37. The number of carboxylic acid groups (broad SMARTS) is 2. The molecule has 0 saturated heterocycles. The van der Waals surface area contributed by atoms with Crippen molar-refractivity contribution >= 4 is 18.0 Å². The van der Waals surface area contributed by atoms with E-state index in [-0.39, 0.29) is 5.75 Å². The number of rotatable bonds is 3. The van der Waals surface area contributed by atoms with Gasteiger partial charge in [-0.05, 0) is 23.8 Å². The molecule has 3 N–H and O–H groups in total. The van der Waals surface area contributed by atoms with Crippen molar-refractivity contribution in [1.82, 2.24) is 0 Å². The molecule has 9 heteroatoms. The first-order valence-electron chi connectivity index (χ1n) is 5.16. The number of phenols is 1. The van der Waals surface area contributed by atoms with Gasteiger partial charge in [-0.3, -0.25) is 0 Å². The molecule has 0 unspecified atom stereocenters. The quantitative estimate of drug-likeness (QED) is 0.739. The van der Waals surface area contributed by atoms with Gasteiger partial charge in [-0.2, -0.15) is 13.2 Å². The first-order chi connectivity index (χ1) is 9.57. The second-order valence-corrected chi connectivity index (χ2v) is 3.41. The molecule has 0 radical (unpaired) electrons. The van der Waals surface area contributed by atoms with Gasteiger partial charge in [0.05, 0.1) is 7.11 Å². The number of methoxy groups -OCH3 is 1. The lowest BCUT2D eigenvalue weighted by atomic mass is 10.2. The van der Waals surface area contributed by atoms with Crippen molar-refractivity contribution in [2.75, 3.05) is 7.11 Å². The van der Waals surface area contributed by atoms with Crippen molar-refractivity contribution < 1.29 is 42.8 Å². The predicted molar refractivity (Wildman–Crippen MR) is 65.0 cm³/mol. The molecule has 6 nitrogen and oxygen atoms in total. The first kappa shape index (κ1) is 18.3. The van der Waals surface area contributed by atoms with Gasteiger partial charge in [0.15, 0.2) is 11.5 Å². The van der Waals surface area contributed by atoms with Crippen LogP contribution in [-0.4, -0.2) is 40.5 Å². The molecule has 0 heterocycles. The van der Waals surface area contributed by atoms with Crippen LogP contribution in [0.2, 0.25) is 0 Å². The van der Waals surface area contributed by atoms with Crippen molar-refractivity contribution in [2.24, 2.45) is 0 Å². The summed E-state index contributed by atoms with van der Waals surface area (Å²) in [6.07, 6.45) is -2.64. The standard InChI is InChI=1S/C10H10O4.C2HF3O2/c1-14-9-6-7(2-4-8(9)11)3-5-10(12)13;3-2(4,5)1(6)7/h2-6,11H,1H3,(H,12,13);(H,6,7)/b5-3+;. The number of aliphatic carboxylic acids is 2. The smallest absolute Gasteiger partial charge is 0.490 e. The number of benzene rings is 1. The second-order valence-electron chi connectivity index (χ2n) is 3.41. The van der Waals surface area contributed by atoms with Gasteiger partial charge in [0.2, 0.25) is 0 Å². The summed E-state index contributed by atoms with van der Waals surface area (Å²) in [6.45, 7) is 0. The van der Waals surface area contributed by atoms with E-state index < -0.39 is 18.1 Å². The fourth-order valence-corrected chi connectivity index (χ4v) is 0.965. The average molecular weight is 308 g/mol. The van der Waals surface area contributed by atoms with E-state index >= 15 is 0 Å². The lowest BCUT2D eigenvalue weighted by Crippen LogP contribution is -2.21. The third kappa shape index (κ3) is 7.45. The molecule has 0 aliphatic carbocycles. The fourth-order valence-electron chi connectivity index (χ4n) is 0.965. The molecule has 1 rings (SSSR count). The van der Waals surface area contributed by atoms with Crippen LogP contribution in [0.5, 0.6) is 11.5 Å². The van der Waals surface area contributed by atoms with Crippen LogP contribution in [-0.2, 0) is 9.59 Å². The summed E-state index contributed by atoms with van der Waals surface area (Å²) in [5.74, 6) is -3.43. The van der Waals surface area contributed by atoms with Crippen LogP contribution in [0, 0.1) is 0 Å². The number of halogens is 3. The highest BCUT2D eigenvalue weighted by Crippen LogP contribution is 2.26. The van der Waals surface area contributed by atoms with Gasteiger partial charge in [0, 0.05) is 6.08 Å². The molecule has 0 amide bonds. The van der Waals surface area contributed by atoms with Gasteiger partial charge in [0.25, 0.3) is 0 Å². The van der Waals surface area contributed by atoms with E-state index in [1.165, 1.54) is 19.3 Å². The summed E-state index contributed by atoms with van der Waals surface area (Å²) in [5.41, 5.74) is 0.655. The Labute approximate surface area is 116 Å². The van der Waals surface area contributed by atoms with Crippen molar-refractivity contribution in [3.63, 3.8) is 0 Å². The summed E-state index contributed by atoms with van der Waals surface area (Å²) in [7, 11) is 1.43. The number of hydrogen-bond acceptors (Lipinski definition) is 4. The highest BCUT2D eigenvalue weighted by Gasteiger charge is 2.38. The highest BCUT2D eigenvalue weighted by atomic mass is 19.4. The molecule has 0 saturated carbocycles. The molecule has 0 aliphatic rings. The molecular weight excluding hydrogens is 297 g/mol. The largest absolute Gasteiger partial charge is 0.504 e. The van der Waals surface area contributed by atoms with E-state index in [4.69, 9.17) is 19.7 Å². The zero-order chi connectivity index (χ0) is 16.6. The van der Waals surface area contributed by atoms with Gasteiger partial charge >= 0.3 is 18.1 Å². The maximum atomic E-state index is 10.6. The van der Waals surface area contributed by atoms with E-state index in [0.717, 1.165) is 6.08 Å². The number of hydrogen-bond donors (Lipinski definition) is 3. The Balaban J connectivity index is 0.000000486. The van der Waals surface area contributed by atoms with Gasteiger partial charge in [-0.1, -0.05) is 6.07 Å². The molecule has 116 valence electrons. The van der Waals surface area contributed by atoms with Crippen molar-refractivity contribution in [2.45, 2.75) is 6.18 Å². The minimum absolute atomic E-state index is 0.0278. The van der Waals surface area contributed by atoms with E-state index in [1.54, 1.807) is 12.1 Å². The Morgan fingerprint density at radius 2 is 1.76 bits per heavy atom. The zero-order valence-corrected chi connectivity index (χ0v) is 10.6. The summed E-state index contributed by atoms with van der Waals surface area (Å²) in [5, 5.41) is 24.8. The van der Waals surface area contributed by atoms with Crippen LogP contribution >= 0.6 is 0 Å². The number of carbonyl (C=O) groups is 2. The van der Waals surface area contributed by atoms with Gasteiger partial charge in [0.1, 0.15) is 0 Å². The molecule has 1 aromatic rings. The Kier molecular flexibility index (Phi) is 6.77. The van der Waals surface area contributed by atoms with E-state index in [9.17, 15) is 23.1 Å². The maximum Gasteiger partial charge on any atom is 0.490 e. The van der Waals surface area contributed by atoms with E-state index in [0.29, 0.717) is 11.3 Å². The zero-order valence-electron chi connectivity index (χ0n) is 10.6. The molecule has 0 atom stereocenters. The molecule has 0 aliphatic heterocycles. The SMILES string of the molecule is COc1cc(/C=C/C(=O)O)ccc1O.O=C(O)C(F)(F)F. The van der Waals surface area contributed by atoms with Gasteiger partial charge in [-0.15, -0.1) is 0 Å². The number of ether oxygens (including phenoxy) is 1. The minimum atomic E-state index is -5.08. The van der Waals surface area contributed by atoms with Crippen LogP contribution in [0.25, 0.3) is 6.08 Å². The molecule has 21 heavy (non-hydrogen) atoms. The van der Waals surface area contributed by atoms with Crippen LogP contribution in [0.4, 0.5) is 13.2 Å². The normalized spacial score (nSPS) is 10.7. The number of aromatic hydroxyl groups is 1. The van der Waals surface area contributed by atoms with E-state index in [1.807, 2.05) is 0 Å². The molecule has 0 spiro atoms. The van der Waals surface area contributed by atoms with Crippen molar-refractivity contribution in [3.05, 3.63) is 29.8 Å². The lowest BCUT2D eigenvalue weighted by molar-refractivity contribution is -0.192. The van der Waals surface area contributed by atoms with Crippen molar-refractivity contribution in [3.8, 4) is 11.5 Å².